The first-order chi connectivity index (χ1) is 15.9. The first-order valence-corrected chi connectivity index (χ1v) is 11.9. The van der Waals surface area contributed by atoms with E-state index in [9.17, 15) is 14.7 Å². The number of aliphatic hydroxyl groups is 1. The topological polar surface area (TPSA) is 79.7 Å². The maximum absolute atomic E-state index is 13.3. The van der Waals surface area contributed by atoms with Crippen LogP contribution in [-0.2, 0) is 9.59 Å². The fourth-order valence-electron chi connectivity index (χ4n) is 4.13. The average Bonchev–Trinajstić information content (AvgIpc) is 3.52. The van der Waals surface area contributed by atoms with Crippen LogP contribution in [0.4, 0.5) is 5.13 Å². The van der Waals surface area contributed by atoms with Gasteiger partial charge in [-0.05, 0) is 54.6 Å². The molecule has 8 heteroatoms. The second kappa shape index (κ2) is 8.13. The molecule has 1 aliphatic heterocycles. The third kappa shape index (κ3) is 3.51. The number of carbonyl (C=O) groups excluding carboxylic acids is 2. The lowest BCUT2D eigenvalue weighted by atomic mass is 10.00. The number of aryl methyl sites for hydroxylation is 2. The number of hydrogen-bond donors (Lipinski definition) is 1. The molecule has 6 nitrogen and oxygen atoms in total. The van der Waals surface area contributed by atoms with Crippen molar-refractivity contribution in [3.8, 4) is 5.75 Å². The Morgan fingerprint density at radius 3 is 2.67 bits per heavy atom. The molecule has 0 unspecified atom stereocenters. The van der Waals surface area contributed by atoms with E-state index in [1.54, 1.807) is 24.3 Å². The Morgan fingerprint density at radius 2 is 1.94 bits per heavy atom. The minimum Gasteiger partial charge on any atom is -0.507 e. The average molecular weight is 477 g/mol. The summed E-state index contributed by atoms with van der Waals surface area (Å²) in [6.45, 7) is 3.99. The lowest BCUT2D eigenvalue weighted by Crippen LogP contribution is -2.28. The van der Waals surface area contributed by atoms with Gasteiger partial charge in [0.1, 0.15) is 17.6 Å². The number of thiazole rings is 1. The van der Waals surface area contributed by atoms with Crippen molar-refractivity contribution in [1.29, 1.82) is 0 Å². The van der Waals surface area contributed by atoms with E-state index in [4.69, 9.17) is 9.72 Å². The number of thiophene rings is 1. The largest absolute Gasteiger partial charge is 0.507 e. The molecule has 1 N–H and O–H groups in total. The zero-order valence-electron chi connectivity index (χ0n) is 18.2. The van der Waals surface area contributed by atoms with Crippen LogP contribution in [0, 0.1) is 13.8 Å². The van der Waals surface area contributed by atoms with Crippen LogP contribution in [0.1, 0.15) is 27.6 Å². The highest BCUT2D eigenvalue weighted by Gasteiger charge is 2.48. The van der Waals surface area contributed by atoms with E-state index >= 15 is 0 Å². The summed E-state index contributed by atoms with van der Waals surface area (Å²) in [6, 6.07) is 13.8. The predicted molar refractivity (Wildman–Crippen MR) is 131 cm³/mol. The highest BCUT2D eigenvalue weighted by Crippen LogP contribution is 2.45. The first-order valence-electron chi connectivity index (χ1n) is 10.3. The van der Waals surface area contributed by atoms with Gasteiger partial charge in [0.2, 0.25) is 0 Å². The van der Waals surface area contributed by atoms with Crippen molar-refractivity contribution < 1.29 is 19.4 Å². The molecule has 1 aliphatic rings. The molecular weight excluding hydrogens is 456 g/mol. The number of carbonyl (C=O) groups is 2. The van der Waals surface area contributed by atoms with E-state index in [-0.39, 0.29) is 11.3 Å². The van der Waals surface area contributed by atoms with Crippen LogP contribution in [0.15, 0.2) is 59.5 Å². The number of hydrogen-bond acceptors (Lipinski definition) is 7. The molecule has 3 heterocycles. The lowest BCUT2D eigenvalue weighted by Gasteiger charge is -2.21. The number of fused-ring (bicyclic) bond motifs is 1. The Labute approximate surface area is 198 Å². The summed E-state index contributed by atoms with van der Waals surface area (Å²) >= 11 is 2.79. The molecule has 1 amide bonds. The normalized spacial score (nSPS) is 17.8. The smallest absolute Gasteiger partial charge is 0.301 e. The summed E-state index contributed by atoms with van der Waals surface area (Å²) < 4.78 is 6.20. The third-order valence-electron chi connectivity index (χ3n) is 5.62. The summed E-state index contributed by atoms with van der Waals surface area (Å²) in [7, 11) is 1.53. The summed E-state index contributed by atoms with van der Waals surface area (Å²) in [5.41, 5.74) is 3.37. The van der Waals surface area contributed by atoms with Crippen LogP contribution in [-0.4, -0.2) is 28.9 Å². The summed E-state index contributed by atoms with van der Waals surface area (Å²) in [5.74, 6) is -1.13. The Bertz CT molecular complexity index is 1440. The molecule has 33 heavy (non-hydrogen) atoms. The second-order valence-electron chi connectivity index (χ2n) is 7.84. The fraction of sp³-hybridized carbons (Fsp3) is 0.160. The first kappa shape index (κ1) is 21.4. The molecule has 0 bridgehead atoms. The van der Waals surface area contributed by atoms with Crippen molar-refractivity contribution in [1.82, 2.24) is 4.98 Å². The van der Waals surface area contributed by atoms with E-state index in [0.29, 0.717) is 16.4 Å². The van der Waals surface area contributed by atoms with Crippen LogP contribution < -0.4 is 9.64 Å². The molecule has 5 rings (SSSR count). The molecule has 4 aromatic rings. The summed E-state index contributed by atoms with van der Waals surface area (Å²) in [4.78, 5) is 33.4. The van der Waals surface area contributed by atoms with Gasteiger partial charge < -0.3 is 9.84 Å². The standard InChI is InChI=1S/C25H20N2O4S2/c1-13-10-14(2)20-18(11-13)33-25(26-20)27-21(17-8-5-9-32-17)19(23(29)24(27)30)22(28)15-6-4-7-16(12-15)31-3/h4-12,21,28H,1-3H3/t21-/m1/s1. The SMILES string of the molecule is COc1cccc(C(O)=C2C(=O)C(=O)N(c3nc4c(C)cc(C)cc4s3)[C@@H]2c2cccs2)c1. The van der Waals surface area contributed by atoms with E-state index < -0.39 is 17.7 Å². The minimum absolute atomic E-state index is 0.0443. The summed E-state index contributed by atoms with van der Waals surface area (Å²) in [6.07, 6.45) is 0. The second-order valence-corrected chi connectivity index (χ2v) is 9.83. The van der Waals surface area contributed by atoms with E-state index in [0.717, 1.165) is 26.2 Å². The molecule has 1 saturated heterocycles. The molecule has 2 aromatic carbocycles. The number of amides is 1. The maximum atomic E-state index is 13.3. The Kier molecular flexibility index (Phi) is 5.26. The number of methoxy groups -OCH3 is 1. The number of ketones is 1. The zero-order chi connectivity index (χ0) is 23.3. The minimum atomic E-state index is -0.766. The molecule has 1 fully saturated rings. The van der Waals surface area contributed by atoms with Gasteiger partial charge >= 0.3 is 5.91 Å². The molecule has 0 radical (unpaired) electrons. The van der Waals surface area contributed by atoms with E-state index in [2.05, 4.69) is 0 Å². The van der Waals surface area contributed by atoms with Crippen LogP contribution in [0.5, 0.6) is 5.75 Å². The van der Waals surface area contributed by atoms with Gasteiger partial charge in [-0.2, -0.15) is 0 Å². The van der Waals surface area contributed by atoms with Gasteiger partial charge in [0.15, 0.2) is 5.13 Å². The van der Waals surface area contributed by atoms with Crippen molar-refractivity contribution in [2.45, 2.75) is 19.9 Å². The number of benzene rings is 2. The quantitative estimate of drug-likeness (QED) is 0.235. The number of anilines is 1. The van der Waals surface area contributed by atoms with Crippen LogP contribution in [0.3, 0.4) is 0 Å². The lowest BCUT2D eigenvalue weighted by molar-refractivity contribution is -0.132. The van der Waals surface area contributed by atoms with Gasteiger partial charge in [0.05, 0.1) is 22.9 Å². The van der Waals surface area contributed by atoms with Gasteiger partial charge in [-0.3, -0.25) is 14.5 Å². The molecular formula is C25H20N2O4S2. The van der Waals surface area contributed by atoms with Gasteiger partial charge in [0.25, 0.3) is 5.78 Å². The van der Waals surface area contributed by atoms with Gasteiger partial charge in [0, 0.05) is 10.4 Å². The van der Waals surface area contributed by atoms with Crippen LogP contribution in [0.25, 0.3) is 16.0 Å². The molecule has 1 atom stereocenters. The molecule has 166 valence electrons. The highest BCUT2D eigenvalue weighted by atomic mass is 32.1. The fourth-order valence-corrected chi connectivity index (χ4v) is 6.13. The Hall–Kier alpha value is -3.49. The molecule has 0 saturated carbocycles. The maximum Gasteiger partial charge on any atom is 0.301 e. The number of nitrogens with zero attached hydrogens (tertiary/aromatic N) is 2. The van der Waals surface area contributed by atoms with Crippen LogP contribution in [0.2, 0.25) is 0 Å². The number of ether oxygens (including phenoxy) is 1. The number of aliphatic hydroxyl groups excluding tert-OH is 1. The van der Waals surface area contributed by atoms with Crippen LogP contribution >= 0.6 is 22.7 Å². The van der Waals surface area contributed by atoms with Gasteiger partial charge in [-0.1, -0.05) is 35.6 Å². The van der Waals surface area contributed by atoms with Crippen molar-refractivity contribution in [3.05, 3.63) is 81.1 Å². The molecule has 2 aromatic heterocycles. The van der Waals surface area contributed by atoms with Gasteiger partial charge in [-0.15, -0.1) is 11.3 Å². The van der Waals surface area contributed by atoms with Crippen molar-refractivity contribution in [3.63, 3.8) is 0 Å². The summed E-state index contributed by atoms with van der Waals surface area (Å²) in [5, 5.41) is 13.5. The Morgan fingerprint density at radius 1 is 1.12 bits per heavy atom. The van der Waals surface area contributed by atoms with Gasteiger partial charge in [-0.25, -0.2) is 4.98 Å². The van der Waals surface area contributed by atoms with Crippen molar-refractivity contribution in [2.24, 2.45) is 0 Å². The number of rotatable bonds is 4. The number of aromatic nitrogens is 1. The Balaban J connectivity index is 1.72. The van der Waals surface area contributed by atoms with Crippen molar-refractivity contribution >= 4 is 55.5 Å². The molecule has 0 spiro atoms. The predicted octanol–water partition coefficient (Wildman–Crippen LogP) is 5.61. The highest BCUT2D eigenvalue weighted by molar-refractivity contribution is 7.22. The third-order valence-corrected chi connectivity index (χ3v) is 7.55. The van der Waals surface area contributed by atoms with E-state index in [1.807, 2.05) is 43.5 Å². The molecule has 0 aliphatic carbocycles. The number of Topliss-reactive ketones (excluding diaryl/α,β-unsaturated/α-hetero) is 1. The zero-order valence-corrected chi connectivity index (χ0v) is 19.8. The van der Waals surface area contributed by atoms with Crippen molar-refractivity contribution in [2.75, 3.05) is 12.0 Å². The monoisotopic (exact) mass is 476 g/mol. The van der Waals surface area contributed by atoms with E-state index in [1.165, 1.54) is 34.7 Å².